The largest absolute Gasteiger partial charge is 0.493 e. The third-order valence-electron chi connectivity index (χ3n) is 2.95. The SMILES string of the molecule is COc1cc(/C=N\Nc2cccc(Cl)c2)c([N+](=O)[O-])cc1OC. The van der Waals surface area contributed by atoms with Crippen LogP contribution in [-0.2, 0) is 0 Å². The van der Waals surface area contributed by atoms with Crippen molar-refractivity contribution in [3.63, 3.8) is 0 Å². The monoisotopic (exact) mass is 335 g/mol. The molecule has 120 valence electrons. The number of benzene rings is 2. The Morgan fingerprint density at radius 3 is 2.52 bits per heavy atom. The molecule has 0 atom stereocenters. The van der Waals surface area contributed by atoms with Crippen molar-refractivity contribution < 1.29 is 14.4 Å². The van der Waals surface area contributed by atoms with Crippen LogP contribution in [-0.4, -0.2) is 25.4 Å². The summed E-state index contributed by atoms with van der Waals surface area (Å²) in [7, 11) is 2.87. The molecule has 0 aliphatic carbocycles. The summed E-state index contributed by atoms with van der Waals surface area (Å²) >= 11 is 5.87. The van der Waals surface area contributed by atoms with Gasteiger partial charge in [-0.15, -0.1) is 0 Å². The third-order valence-corrected chi connectivity index (χ3v) is 3.19. The minimum absolute atomic E-state index is 0.140. The van der Waals surface area contributed by atoms with E-state index in [4.69, 9.17) is 21.1 Å². The van der Waals surface area contributed by atoms with Gasteiger partial charge in [0.15, 0.2) is 11.5 Å². The third kappa shape index (κ3) is 4.10. The fourth-order valence-electron chi connectivity index (χ4n) is 1.88. The number of anilines is 1. The molecule has 0 aliphatic heterocycles. The molecule has 2 aromatic carbocycles. The minimum atomic E-state index is -0.511. The Morgan fingerprint density at radius 2 is 1.91 bits per heavy atom. The number of nitrogens with zero attached hydrogens (tertiary/aromatic N) is 2. The first-order valence-corrected chi connectivity index (χ1v) is 6.88. The van der Waals surface area contributed by atoms with E-state index >= 15 is 0 Å². The quantitative estimate of drug-likeness (QED) is 0.494. The van der Waals surface area contributed by atoms with Gasteiger partial charge < -0.3 is 9.47 Å². The predicted molar refractivity (Wildman–Crippen MR) is 88.9 cm³/mol. The lowest BCUT2D eigenvalue weighted by Crippen LogP contribution is -2.00. The van der Waals surface area contributed by atoms with Crippen LogP contribution in [0, 0.1) is 10.1 Å². The number of nitrogens with one attached hydrogen (secondary N) is 1. The predicted octanol–water partition coefficient (Wildman–Crippen LogP) is 3.71. The van der Waals surface area contributed by atoms with Gasteiger partial charge in [-0.3, -0.25) is 15.5 Å². The Labute approximate surface area is 137 Å². The second kappa shape index (κ2) is 7.46. The second-order valence-corrected chi connectivity index (χ2v) is 4.84. The molecular formula is C15H14ClN3O4. The molecule has 1 N–H and O–H groups in total. The fourth-order valence-corrected chi connectivity index (χ4v) is 2.07. The molecule has 23 heavy (non-hydrogen) atoms. The molecule has 0 heterocycles. The molecule has 2 rings (SSSR count). The van der Waals surface area contributed by atoms with Gasteiger partial charge in [0.2, 0.25) is 0 Å². The second-order valence-electron chi connectivity index (χ2n) is 4.40. The molecule has 0 fully saturated rings. The Hall–Kier alpha value is -2.80. The van der Waals surface area contributed by atoms with Crippen LogP contribution in [0.1, 0.15) is 5.56 Å². The van der Waals surface area contributed by atoms with Crippen LogP contribution in [0.5, 0.6) is 11.5 Å². The highest BCUT2D eigenvalue weighted by atomic mass is 35.5. The molecule has 0 spiro atoms. The van der Waals surface area contributed by atoms with Gasteiger partial charge in [0.05, 0.1) is 42.7 Å². The van der Waals surface area contributed by atoms with Gasteiger partial charge in [-0.1, -0.05) is 17.7 Å². The molecule has 0 aromatic heterocycles. The number of methoxy groups -OCH3 is 2. The van der Waals surface area contributed by atoms with Gasteiger partial charge in [0, 0.05) is 5.02 Å². The van der Waals surface area contributed by atoms with Gasteiger partial charge in [-0.2, -0.15) is 5.10 Å². The summed E-state index contributed by atoms with van der Waals surface area (Å²) < 4.78 is 10.2. The lowest BCUT2D eigenvalue weighted by Gasteiger charge is -2.08. The highest BCUT2D eigenvalue weighted by Crippen LogP contribution is 2.33. The maximum absolute atomic E-state index is 11.2. The number of hydrogen-bond donors (Lipinski definition) is 1. The van der Waals surface area contributed by atoms with Crippen LogP contribution in [0.4, 0.5) is 11.4 Å². The van der Waals surface area contributed by atoms with E-state index in [1.54, 1.807) is 24.3 Å². The number of halogens is 1. The van der Waals surface area contributed by atoms with E-state index in [1.165, 1.54) is 32.6 Å². The van der Waals surface area contributed by atoms with Gasteiger partial charge in [-0.05, 0) is 24.3 Å². The number of nitro benzene ring substituents is 1. The first-order chi connectivity index (χ1) is 11.0. The molecule has 0 saturated carbocycles. The number of rotatable bonds is 6. The van der Waals surface area contributed by atoms with E-state index in [2.05, 4.69) is 10.5 Å². The first-order valence-electron chi connectivity index (χ1n) is 6.50. The molecule has 0 bridgehead atoms. The van der Waals surface area contributed by atoms with Crippen LogP contribution in [0.15, 0.2) is 41.5 Å². The van der Waals surface area contributed by atoms with Crippen LogP contribution in [0.2, 0.25) is 5.02 Å². The average Bonchev–Trinajstić information content (AvgIpc) is 2.54. The lowest BCUT2D eigenvalue weighted by atomic mass is 10.1. The van der Waals surface area contributed by atoms with Gasteiger partial charge in [-0.25, -0.2) is 0 Å². The van der Waals surface area contributed by atoms with E-state index in [1.807, 2.05) is 0 Å². The molecule has 0 saturated heterocycles. The first kappa shape index (κ1) is 16.6. The molecule has 0 amide bonds. The molecule has 0 aliphatic rings. The molecule has 8 heteroatoms. The highest BCUT2D eigenvalue weighted by Gasteiger charge is 2.18. The summed E-state index contributed by atoms with van der Waals surface area (Å²) in [6.45, 7) is 0. The van der Waals surface area contributed by atoms with Crippen molar-refractivity contribution in [2.45, 2.75) is 0 Å². The summed E-state index contributed by atoms with van der Waals surface area (Å²) in [5.41, 5.74) is 3.56. The molecule has 2 aromatic rings. The number of ether oxygens (including phenoxy) is 2. The Morgan fingerprint density at radius 1 is 1.22 bits per heavy atom. The Kier molecular flexibility index (Phi) is 5.37. The smallest absolute Gasteiger partial charge is 0.282 e. The molecule has 0 radical (unpaired) electrons. The van der Waals surface area contributed by atoms with Crippen molar-refractivity contribution in [1.29, 1.82) is 0 Å². The van der Waals surface area contributed by atoms with Crippen molar-refractivity contribution in [2.75, 3.05) is 19.6 Å². The van der Waals surface area contributed by atoms with Crippen molar-refractivity contribution in [2.24, 2.45) is 5.10 Å². The molecular weight excluding hydrogens is 322 g/mol. The highest BCUT2D eigenvalue weighted by molar-refractivity contribution is 6.30. The van der Waals surface area contributed by atoms with Crippen molar-refractivity contribution in [1.82, 2.24) is 0 Å². The standard InChI is InChI=1S/C15H14ClN3O4/c1-22-14-6-10(13(19(20)21)8-15(14)23-2)9-17-18-12-5-3-4-11(16)7-12/h3-9,18H,1-2H3/b17-9-. The minimum Gasteiger partial charge on any atom is -0.493 e. The van der Waals surface area contributed by atoms with Crippen molar-refractivity contribution in [3.05, 3.63) is 57.1 Å². The zero-order valence-corrected chi connectivity index (χ0v) is 13.2. The van der Waals surface area contributed by atoms with E-state index in [0.29, 0.717) is 16.5 Å². The average molecular weight is 336 g/mol. The lowest BCUT2D eigenvalue weighted by molar-refractivity contribution is -0.385. The van der Waals surface area contributed by atoms with Gasteiger partial charge in [0.25, 0.3) is 5.69 Å². The Balaban J connectivity index is 2.30. The summed E-state index contributed by atoms with van der Waals surface area (Å²) in [6, 6.07) is 9.72. The van der Waals surface area contributed by atoms with Crippen molar-refractivity contribution in [3.8, 4) is 11.5 Å². The fraction of sp³-hybridized carbons (Fsp3) is 0.133. The van der Waals surface area contributed by atoms with Crippen LogP contribution in [0.3, 0.4) is 0 Å². The van der Waals surface area contributed by atoms with Crippen molar-refractivity contribution >= 4 is 29.2 Å². The summed E-state index contributed by atoms with van der Waals surface area (Å²) in [5, 5.41) is 15.7. The Bertz CT molecular complexity index is 749. The topological polar surface area (TPSA) is 86.0 Å². The van der Waals surface area contributed by atoms with Crippen LogP contribution < -0.4 is 14.9 Å². The van der Waals surface area contributed by atoms with Gasteiger partial charge in [0.1, 0.15) is 0 Å². The van der Waals surface area contributed by atoms with E-state index in [9.17, 15) is 10.1 Å². The normalized spacial score (nSPS) is 10.6. The number of nitro groups is 1. The summed E-state index contributed by atoms with van der Waals surface area (Å²) in [4.78, 5) is 10.7. The van der Waals surface area contributed by atoms with E-state index in [-0.39, 0.29) is 17.0 Å². The maximum atomic E-state index is 11.2. The van der Waals surface area contributed by atoms with E-state index < -0.39 is 4.92 Å². The van der Waals surface area contributed by atoms with Crippen LogP contribution >= 0.6 is 11.6 Å². The zero-order chi connectivity index (χ0) is 16.8. The number of hydrazone groups is 1. The summed E-state index contributed by atoms with van der Waals surface area (Å²) in [6.07, 6.45) is 1.33. The zero-order valence-electron chi connectivity index (χ0n) is 12.4. The number of hydrogen-bond acceptors (Lipinski definition) is 6. The van der Waals surface area contributed by atoms with Gasteiger partial charge >= 0.3 is 0 Å². The van der Waals surface area contributed by atoms with E-state index in [0.717, 1.165) is 0 Å². The summed E-state index contributed by atoms with van der Waals surface area (Å²) in [5.74, 6) is 0.654. The maximum Gasteiger partial charge on any atom is 0.282 e. The molecule has 7 nitrogen and oxygen atoms in total. The molecule has 0 unspecified atom stereocenters. The van der Waals surface area contributed by atoms with Crippen LogP contribution in [0.25, 0.3) is 0 Å².